The van der Waals surface area contributed by atoms with Crippen LogP contribution in [0.5, 0.6) is 0 Å². The van der Waals surface area contributed by atoms with Crippen molar-refractivity contribution >= 4 is 0 Å². The van der Waals surface area contributed by atoms with Crippen molar-refractivity contribution in [3.63, 3.8) is 0 Å². The molecule has 1 aromatic carbocycles. The molecule has 0 bridgehead atoms. The summed E-state index contributed by atoms with van der Waals surface area (Å²) in [7, 11) is 2.14. The first-order chi connectivity index (χ1) is 8.56. The quantitative estimate of drug-likeness (QED) is 0.803. The Morgan fingerprint density at radius 3 is 2.50 bits per heavy atom. The van der Waals surface area contributed by atoms with Gasteiger partial charge in [0.25, 0.3) is 0 Å². The highest BCUT2D eigenvalue weighted by atomic mass is 16.3. The van der Waals surface area contributed by atoms with Gasteiger partial charge in [0, 0.05) is 19.7 Å². The molecule has 0 fully saturated rings. The zero-order chi connectivity index (χ0) is 13.5. The molecule has 102 valence electrons. The van der Waals surface area contributed by atoms with Crippen molar-refractivity contribution in [3.8, 4) is 0 Å². The van der Waals surface area contributed by atoms with Crippen molar-refractivity contribution in [1.29, 1.82) is 0 Å². The number of aliphatic hydroxyl groups excluding tert-OH is 1. The molecule has 0 radical (unpaired) electrons. The third-order valence-electron chi connectivity index (χ3n) is 3.76. The molecule has 1 rings (SSSR count). The van der Waals surface area contributed by atoms with Crippen LogP contribution in [0.3, 0.4) is 0 Å². The summed E-state index contributed by atoms with van der Waals surface area (Å²) in [4.78, 5) is 2.32. The molecular formula is C16H27NO. The van der Waals surface area contributed by atoms with E-state index in [1.165, 1.54) is 16.7 Å². The van der Waals surface area contributed by atoms with E-state index in [0.717, 1.165) is 25.9 Å². The summed E-state index contributed by atoms with van der Waals surface area (Å²) in [5.74, 6) is 0.412. The lowest BCUT2D eigenvalue weighted by molar-refractivity contribution is 0.177. The molecule has 0 spiro atoms. The third kappa shape index (κ3) is 4.79. The zero-order valence-electron chi connectivity index (χ0n) is 12.2. The van der Waals surface area contributed by atoms with Crippen molar-refractivity contribution in [1.82, 2.24) is 4.90 Å². The monoisotopic (exact) mass is 249 g/mol. The standard InChI is InChI=1S/C16H27NO/c1-5-15(12-18)11-17(4)9-8-16-7-6-13(2)14(3)10-16/h6-7,10,15,18H,5,8-9,11-12H2,1-4H3. The van der Waals surface area contributed by atoms with Crippen LogP contribution >= 0.6 is 0 Å². The number of hydrogen-bond acceptors (Lipinski definition) is 2. The minimum Gasteiger partial charge on any atom is -0.396 e. The lowest BCUT2D eigenvalue weighted by Crippen LogP contribution is -2.29. The topological polar surface area (TPSA) is 23.5 Å². The highest BCUT2D eigenvalue weighted by Crippen LogP contribution is 2.11. The van der Waals surface area contributed by atoms with Gasteiger partial charge in [0.05, 0.1) is 0 Å². The van der Waals surface area contributed by atoms with Crippen LogP contribution in [0.4, 0.5) is 0 Å². The minimum absolute atomic E-state index is 0.296. The van der Waals surface area contributed by atoms with Gasteiger partial charge < -0.3 is 10.0 Å². The number of rotatable bonds is 7. The number of aryl methyl sites for hydroxylation is 2. The van der Waals surface area contributed by atoms with Crippen LogP contribution in [-0.4, -0.2) is 36.8 Å². The molecular weight excluding hydrogens is 222 g/mol. The van der Waals surface area contributed by atoms with E-state index in [2.05, 4.69) is 50.9 Å². The molecule has 18 heavy (non-hydrogen) atoms. The van der Waals surface area contributed by atoms with Gasteiger partial charge in [-0.3, -0.25) is 0 Å². The lowest BCUT2D eigenvalue weighted by atomic mass is 10.0. The Hall–Kier alpha value is -0.860. The average molecular weight is 249 g/mol. The smallest absolute Gasteiger partial charge is 0.0471 e. The van der Waals surface area contributed by atoms with Crippen molar-refractivity contribution in [2.75, 3.05) is 26.7 Å². The van der Waals surface area contributed by atoms with Gasteiger partial charge in [-0.25, -0.2) is 0 Å². The van der Waals surface area contributed by atoms with Gasteiger partial charge in [0.15, 0.2) is 0 Å². The molecule has 0 aliphatic carbocycles. The predicted molar refractivity (Wildman–Crippen MR) is 78.0 cm³/mol. The SMILES string of the molecule is CCC(CO)CN(C)CCc1ccc(C)c(C)c1. The Kier molecular flexibility index (Phi) is 6.37. The Bertz CT molecular complexity index is 358. The van der Waals surface area contributed by atoms with Gasteiger partial charge in [0.2, 0.25) is 0 Å². The summed E-state index contributed by atoms with van der Waals surface area (Å²) in [6.45, 7) is 8.79. The summed E-state index contributed by atoms with van der Waals surface area (Å²) < 4.78 is 0. The lowest BCUT2D eigenvalue weighted by Gasteiger charge is -2.21. The van der Waals surface area contributed by atoms with Crippen molar-refractivity contribution in [2.24, 2.45) is 5.92 Å². The van der Waals surface area contributed by atoms with E-state index in [4.69, 9.17) is 0 Å². The molecule has 1 atom stereocenters. The van der Waals surface area contributed by atoms with Crippen molar-refractivity contribution in [2.45, 2.75) is 33.6 Å². The van der Waals surface area contributed by atoms with E-state index in [1.807, 2.05) is 0 Å². The molecule has 0 aliphatic heterocycles. The highest BCUT2D eigenvalue weighted by Gasteiger charge is 2.08. The molecule has 2 nitrogen and oxygen atoms in total. The van der Waals surface area contributed by atoms with Gasteiger partial charge in [-0.05, 0) is 56.3 Å². The number of benzene rings is 1. The first-order valence-corrected chi connectivity index (χ1v) is 6.92. The van der Waals surface area contributed by atoms with E-state index in [1.54, 1.807) is 0 Å². The van der Waals surface area contributed by atoms with Crippen LogP contribution < -0.4 is 0 Å². The van der Waals surface area contributed by atoms with Gasteiger partial charge in [-0.1, -0.05) is 25.1 Å². The highest BCUT2D eigenvalue weighted by molar-refractivity contribution is 5.30. The molecule has 0 saturated carbocycles. The second-order valence-electron chi connectivity index (χ2n) is 5.39. The van der Waals surface area contributed by atoms with Crippen LogP contribution in [0.25, 0.3) is 0 Å². The maximum Gasteiger partial charge on any atom is 0.0471 e. The van der Waals surface area contributed by atoms with E-state index in [0.29, 0.717) is 12.5 Å². The predicted octanol–water partition coefficient (Wildman–Crippen LogP) is 2.80. The number of nitrogens with zero attached hydrogens (tertiary/aromatic N) is 1. The third-order valence-corrected chi connectivity index (χ3v) is 3.76. The number of hydrogen-bond donors (Lipinski definition) is 1. The summed E-state index contributed by atoms with van der Waals surface area (Å²) in [6.07, 6.45) is 2.13. The van der Waals surface area contributed by atoms with Crippen LogP contribution in [0.1, 0.15) is 30.0 Å². The zero-order valence-corrected chi connectivity index (χ0v) is 12.2. The van der Waals surface area contributed by atoms with E-state index >= 15 is 0 Å². The largest absolute Gasteiger partial charge is 0.396 e. The minimum atomic E-state index is 0.296. The average Bonchev–Trinajstić information content (AvgIpc) is 2.37. The van der Waals surface area contributed by atoms with Gasteiger partial charge >= 0.3 is 0 Å². The van der Waals surface area contributed by atoms with Crippen molar-refractivity contribution in [3.05, 3.63) is 34.9 Å². The molecule has 1 aromatic rings. The second kappa shape index (κ2) is 7.55. The fraction of sp³-hybridized carbons (Fsp3) is 0.625. The summed E-state index contributed by atoms with van der Waals surface area (Å²) in [5, 5.41) is 9.20. The normalized spacial score (nSPS) is 13.0. The number of likely N-dealkylation sites (N-methyl/N-ethyl adjacent to an activating group) is 1. The number of aliphatic hydroxyl groups is 1. The van der Waals surface area contributed by atoms with E-state index in [9.17, 15) is 5.11 Å². The molecule has 2 heteroatoms. The van der Waals surface area contributed by atoms with Crippen LogP contribution in [0.15, 0.2) is 18.2 Å². The Morgan fingerprint density at radius 2 is 1.94 bits per heavy atom. The van der Waals surface area contributed by atoms with E-state index < -0.39 is 0 Å². The van der Waals surface area contributed by atoms with Crippen molar-refractivity contribution < 1.29 is 5.11 Å². The second-order valence-corrected chi connectivity index (χ2v) is 5.39. The first-order valence-electron chi connectivity index (χ1n) is 6.92. The molecule has 1 N–H and O–H groups in total. The van der Waals surface area contributed by atoms with E-state index in [-0.39, 0.29) is 0 Å². The Balaban J connectivity index is 2.42. The molecule has 0 heterocycles. The first kappa shape index (κ1) is 15.2. The Labute approximate surface area is 112 Å². The van der Waals surface area contributed by atoms with Gasteiger partial charge in [-0.2, -0.15) is 0 Å². The molecule has 0 aliphatic rings. The van der Waals surface area contributed by atoms with Gasteiger partial charge in [-0.15, -0.1) is 0 Å². The summed E-state index contributed by atoms with van der Waals surface area (Å²) >= 11 is 0. The maximum atomic E-state index is 9.20. The van der Waals surface area contributed by atoms with Crippen LogP contribution in [0, 0.1) is 19.8 Å². The Morgan fingerprint density at radius 1 is 1.22 bits per heavy atom. The molecule has 0 aromatic heterocycles. The molecule has 0 amide bonds. The fourth-order valence-corrected chi connectivity index (χ4v) is 2.13. The maximum absolute atomic E-state index is 9.20. The van der Waals surface area contributed by atoms with Gasteiger partial charge in [0.1, 0.15) is 0 Å². The molecule has 1 unspecified atom stereocenters. The van der Waals surface area contributed by atoms with Crippen LogP contribution in [-0.2, 0) is 6.42 Å². The summed E-state index contributed by atoms with van der Waals surface area (Å²) in [6, 6.07) is 6.71. The fourth-order valence-electron chi connectivity index (χ4n) is 2.13. The molecule has 0 saturated heterocycles. The van der Waals surface area contributed by atoms with Crippen LogP contribution in [0.2, 0.25) is 0 Å². The summed E-state index contributed by atoms with van der Waals surface area (Å²) in [5.41, 5.74) is 4.14.